The van der Waals surface area contributed by atoms with E-state index < -0.39 is 0 Å². The van der Waals surface area contributed by atoms with Crippen molar-refractivity contribution in [2.24, 2.45) is 0 Å². The van der Waals surface area contributed by atoms with Gasteiger partial charge in [-0.15, -0.1) is 11.8 Å². The maximum Gasteiger partial charge on any atom is 0.230 e. The van der Waals surface area contributed by atoms with Crippen molar-refractivity contribution < 1.29 is 4.79 Å². The quantitative estimate of drug-likeness (QED) is 0.698. The molecule has 3 aromatic rings. The average Bonchev–Trinajstić information content (AvgIpc) is 3.22. The van der Waals surface area contributed by atoms with E-state index in [9.17, 15) is 4.79 Å². The molecule has 7 heteroatoms. The molecule has 1 N–H and O–H groups in total. The van der Waals surface area contributed by atoms with Crippen molar-refractivity contribution in [1.29, 1.82) is 5.26 Å². The van der Waals surface area contributed by atoms with Crippen LogP contribution in [0.3, 0.4) is 0 Å². The zero-order chi connectivity index (χ0) is 18.2. The molecule has 0 aliphatic rings. The van der Waals surface area contributed by atoms with Crippen molar-refractivity contribution in [3.8, 4) is 11.8 Å². The highest BCUT2D eigenvalue weighted by molar-refractivity contribution is 7.99. The highest BCUT2D eigenvalue weighted by Gasteiger charge is 2.03. The second kappa shape index (κ2) is 8.83. The molecule has 0 radical (unpaired) electrons. The highest BCUT2D eigenvalue weighted by Crippen LogP contribution is 2.13. The Morgan fingerprint density at radius 1 is 1.12 bits per heavy atom. The van der Waals surface area contributed by atoms with E-state index in [0.29, 0.717) is 17.9 Å². The summed E-state index contributed by atoms with van der Waals surface area (Å²) in [6.07, 6.45) is 3.13. The number of aromatic nitrogens is 3. The third-order valence-electron chi connectivity index (χ3n) is 3.69. The molecule has 0 unspecified atom stereocenters. The van der Waals surface area contributed by atoms with E-state index in [0.717, 1.165) is 22.6 Å². The summed E-state index contributed by atoms with van der Waals surface area (Å²) in [5.74, 6) is 1.15. The number of hydrogen-bond acceptors (Lipinski definition) is 5. The number of carbonyl (C=O) groups is 1. The molecule has 1 amide bonds. The lowest BCUT2D eigenvalue weighted by Gasteiger charge is -2.07. The van der Waals surface area contributed by atoms with Crippen LogP contribution in [0, 0.1) is 11.3 Å². The maximum absolute atomic E-state index is 12.0. The fourth-order valence-corrected chi connectivity index (χ4v) is 3.11. The van der Waals surface area contributed by atoms with Gasteiger partial charge < -0.3 is 5.32 Å². The monoisotopic (exact) mass is 363 g/mol. The number of rotatable bonds is 7. The number of thioether (sulfide) groups is 1. The van der Waals surface area contributed by atoms with Crippen LogP contribution in [-0.4, -0.2) is 26.4 Å². The summed E-state index contributed by atoms with van der Waals surface area (Å²) in [6.45, 7) is 0.494. The first-order chi connectivity index (χ1) is 12.7. The van der Waals surface area contributed by atoms with Crippen molar-refractivity contribution in [2.45, 2.75) is 12.3 Å². The number of amides is 1. The number of hydrogen-bond donors (Lipinski definition) is 1. The van der Waals surface area contributed by atoms with Gasteiger partial charge in [0, 0.05) is 12.3 Å². The first-order valence-electron chi connectivity index (χ1n) is 8.02. The molecular weight excluding hydrogens is 346 g/mol. The molecule has 0 saturated carbocycles. The van der Waals surface area contributed by atoms with Crippen LogP contribution in [0.15, 0.2) is 61.2 Å². The van der Waals surface area contributed by atoms with Gasteiger partial charge in [-0.1, -0.05) is 24.3 Å². The van der Waals surface area contributed by atoms with Crippen molar-refractivity contribution in [3.63, 3.8) is 0 Å². The fraction of sp³-hybridized carbons (Fsp3) is 0.158. The Morgan fingerprint density at radius 2 is 1.85 bits per heavy atom. The topological polar surface area (TPSA) is 83.6 Å². The summed E-state index contributed by atoms with van der Waals surface area (Å²) in [5, 5.41) is 15.8. The van der Waals surface area contributed by atoms with Gasteiger partial charge in [-0.05, 0) is 35.4 Å². The van der Waals surface area contributed by atoms with E-state index in [1.165, 1.54) is 6.33 Å². The standard InChI is InChI=1S/C19H17N5OS/c20-9-15-1-3-17(4-2-15)11-26-12-19(25)22-10-16-5-7-18(8-6-16)24-14-21-13-23-24/h1-8,13-14H,10-12H2,(H,22,25). The number of nitrogens with one attached hydrogen (secondary N) is 1. The number of nitrogens with zero attached hydrogens (tertiary/aromatic N) is 4. The molecule has 0 bridgehead atoms. The molecule has 0 aliphatic heterocycles. The smallest absolute Gasteiger partial charge is 0.230 e. The molecule has 1 aromatic heterocycles. The SMILES string of the molecule is N#Cc1ccc(CSCC(=O)NCc2ccc(-n3cncn3)cc2)cc1. The lowest BCUT2D eigenvalue weighted by molar-refractivity contribution is -0.118. The Balaban J connectivity index is 1.40. The second-order valence-electron chi connectivity index (χ2n) is 5.58. The van der Waals surface area contributed by atoms with Crippen LogP contribution in [0.1, 0.15) is 16.7 Å². The molecule has 1 heterocycles. The van der Waals surface area contributed by atoms with Crippen LogP contribution in [0.5, 0.6) is 0 Å². The number of carbonyl (C=O) groups excluding carboxylic acids is 1. The van der Waals surface area contributed by atoms with Crippen molar-refractivity contribution in [1.82, 2.24) is 20.1 Å². The third kappa shape index (κ3) is 4.94. The molecule has 0 aliphatic carbocycles. The van der Waals surface area contributed by atoms with Gasteiger partial charge in [0.1, 0.15) is 12.7 Å². The van der Waals surface area contributed by atoms with Crippen LogP contribution in [-0.2, 0) is 17.1 Å². The number of nitriles is 1. The van der Waals surface area contributed by atoms with Gasteiger partial charge in [-0.3, -0.25) is 4.79 Å². The van der Waals surface area contributed by atoms with Gasteiger partial charge >= 0.3 is 0 Å². The van der Waals surface area contributed by atoms with Crippen molar-refractivity contribution in [3.05, 3.63) is 77.9 Å². The summed E-state index contributed by atoms with van der Waals surface area (Å²) in [4.78, 5) is 15.9. The first-order valence-corrected chi connectivity index (χ1v) is 9.17. The molecule has 3 rings (SSSR count). The zero-order valence-corrected chi connectivity index (χ0v) is 14.8. The summed E-state index contributed by atoms with van der Waals surface area (Å²) < 4.78 is 1.68. The minimum atomic E-state index is 0.00370. The minimum Gasteiger partial charge on any atom is -0.351 e. The predicted octanol–water partition coefficient (Wildman–Crippen LogP) is 2.69. The summed E-state index contributed by atoms with van der Waals surface area (Å²) in [5.41, 5.74) is 3.70. The third-order valence-corrected chi connectivity index (χ3v) is 4.70. The van der Waals surface area contributed by atoms with Crippen LogP contribution >= 0.6 is 11.8 Å². The van der Waals surface area contributed by atoms with Gasteiger partial charge in [-0.2, -0.15) is 10.4 Å². The Kier molecular flexibility index (Phi) is 6.01. The maximum atomic E-state index is 12.0. The van der Waals surface area contributed by atoms with E-state index in [1.54, 1.807) is 34.9 Å². The Morgan fingerprint density at radius 3 is 2.50 bits per heavy atom. The molecule has 0 atom stereocenters. The lowest BCUT2D eigenvalue weighted by atomic mass is 10.2. The summed E-state index contributed by atoms with van der Waals surface area (Å²) >= 11 is 1.55. The molecule has 130 valence electrons. The van der Waals surface area contributed by atoms with Crippen LogP contribution in [0.25, 0.3) is 5.69 Å². The van der Waals surface area contributed by atoms with Crippen LogP contribution < -0.4 is 5.32 Å². The fourth-order valence-electron chi connectivity index (χ4n) is 2.30. The van der Waals surface area contributed by atoms with E-state index in [-0.39, 0.29) is 5.91 Å². The predicted molar refractivity (Wildman–Crippen MR) is 101 cm³/mol. The van der Waals surface area contributed by atoms with Crippen molar-refractivity contribution >= 4 is 17.7 Å². The molecule has 6 nitrogen and oxygen atoms in total. The van der Waals surface area contributed by atoms with E-state index in [4.69, 9.17) is 5.26 Å². The molecule has 26 heavy (non-hydrogen) atoms. The largest absolute Gasteiger partial charge is 0.351 e. The Labute approximate surface area is 155 Å². The highest BCUT2D eigenvalue weighted by atomic mass is 32.2. The van der Waals surface area contributed by atoms with Crippen LogP contribution in [0.2, 0.25) is 0 Å². The van der Waals surface area contributed by atoms with Gasteiger partial charge in [0.2, 0.25) is 5.91 Å². The Hall–Kier alpha value is -3.11. The minimum absolute atomic E-state index is 0.00370. The van der Waals surface area contributed by atoms with Gasteiger partial charge in [0.05, 0.1) is 23.1 Å². The lowest BCUT2D eigenvalue weighted by Crippen LogP contribution is -2.24. The molecule has 0 spiro atoms. The molecule has 2 aromatic carbocycles. The van der Waals surface area contributed by atoms with E-state index in [2.05, 4.69) is 21.5 Å². The second-order valence-corrected chi connectivity index (χ2v) is 6.57. The molecule has 0 saturated heterocycles. The number of benzene rings is 2. The molecular formula is C19H17N5OS. The average molecular weight is 363 g/mol. The van der Waals surface area contributed by atoms with Gasteiger partial charge in [0.25, 0.3) is 0 Å². The van der Waals surface area contributed by atoms with Crippen LogP contribution in [0.4, 0.5) is 0 Å². The first kappa shape index (κ1) is 17.7. The summed E-state index contributed by atoms with van der Waals surface area (Å²) in [6, 6.07) is 17.3. The zero-order valence-electron chi connectivity index (χ0n) is 14.0. The molecule has 0 fully saturated rings. The summed E-state index contributed by atoms with van der Waals surface area (Å²) in [7, 11) is 0. The van der Waals surface area contributed by atoms with E-state index >= 15 is 0 Å². The Bertz CT molecular complexity index is 883. The van der Waals surface area contributed by atoms with E-state index in [1.807, 2.05) is 36.4 Å². The van der Waals surface area contributed by atoms with Crippen molar-refractivity contribution in [2.75, 3.05) is 5.75 Å². The van der Waals surface area contributed by atoms with Gasteiger partial charge in [-0.25, -0.2) is 9.67 Å². The normalized spacial score (nSPS) is 10.3. The van der Waals surface area contributed by atoms with Gasteiger partial charge in [0.15, 0.2) is 0 Å².